The summed E-state index contributed by atoms with van der Waals surface area (Å²) in [6.45, 7) is 4.02. The number of anilines is 1. The van der Waals surface area contributed by atoms with E-state index in [1.807, 2.05) is 62.4 Å². The van der Waals surface area contributed by atoms with Gasteiger partial charge in [0.1, 0.15) is 0 Å². The predicted octanol–water partition coefficient (Wildman–Crippen LogP) is 3.97. The summed E-state index contributed by atoms with van der Waals surface area (Å²) in [5, 5.41) is 13.9. The van der Waals surface area contributed by atoms with E-state index in [1.165, 1.54) is 0 Å². The molecule has 0 fully saturated rings. The molecule has 0 aliphatic heterocycles. The smallest absolute Gasteiger partial charge is 0.0828 e. The van der Waals surface area contributed by atoms with E-state index in [1.54, 1.807) is 0 Å². The summed E-state index contributed by atoms with van der Waals surface area (Å²) in [6.07, 6.45) is 0. The quantitative estimate of drug-likeness (QED) is 0.885. The highest BCUT2D eigenvalue weighted by atomic mass is 35.5. The Morgan fingerprint density at radius 1 is 1.11 bits per heavy atom. The fraction of sp³-hybridized carbons (Fsp3) is 0.250. The van der Waals surface area contributed by atoms with Crippen molar-refractivity contribution in [3.8, 4) is 0 Å². The molecule has 0 aromatic heterocycles. The Balaban J connectivity index is 2.33. The van der Waals surface area contributed by atoms with Crippen LogP contribution in [0.3, 0.4) is 0 Å². The molecule has 0 saturated heterocycles. The van der Waals surface area contributed by atoms with E-state index in [0.29, 0.717) is 5.02 Å². The molecule has 3 heteroatoms. The lowest BCUT2D eigenvalue weighted by Gasteiger charge is -2.31. The number of halogens is 1. The lowest BCUT2D eigenvalue weighted by atomic mass is 9.92. The number of para-hydroxylation sites is 1. The van der Waals surface area contributed by atoms with Gasteiger partial charge in [-0.1, -0.05) is 41.9 Å². The summed E-state index contributed by atoms with van der Waals surface area (Å²) in [5.41, 5.74) is 2.64. The van der Waals surface area contributed by atoms with Crippen LogP contribution in [-0.2, 0) is 5.54 Å². The van der Waals surface area contributed by atoms with Gasteiger partial charge in [0.25, 0.3) is 0 Å². The molecule has 0 bridgehead atoms. The van der Waals surface area contributed by atoms with Crippen LogP contribution in [0.15, 0.2) is 48.5 Å². The van der Waals surface area contributed by atoms with Gasteiger partial charge in [0.15, 0.2) is 0 Å². The van der Waals surface area contributed by atoms with E-state index in [9.17, 15) is 5.11 Å². The monoisotopic (exact) mass is 275 g/mol. The largest absolute Gasteiger partial charge is 0.394 e. The van der Waals surface area contributed by atoms with Crippen LogP contribution >= 0.6 is 11.6 Å². The van der Waals surface area contributed by atoms with Crippen LogP contribution in [0.4, 0.5) is 5.69 Å². The summed E-state index contributed by atoms with van der Waals surface area (Å²) in [4.78, 5) is 0. The third kappa shape index (κ3) is 3.09. The van der Waals surface area contributed by atoms with Crippen LogP contribution in [0.1, 0.15) is 18.1 Å². The predicted molar refractivity (Wildman–Crippen MR) is 80.7 cm³/mol. The molecule has 2 aromatic rings. The van der Waals surface area contributed by atoms with Gasteiger partial charge in [-0.2, -0.15) is 0 Å². The second kappa shape index (κ2) is 5.64. The first-order chi connectivity index (χ1) is 9.05. The lowest BCUT2D eigenvalue weighted by molar-refractivity contribution is 0.224. The van der Waals surface area contributed by atoms with Crippen LogP contribution < -0.4 is 5.32 Å². The molecule has 1 unspecified atom stereocenters. The molecule has 0 radical (unpaired) electrons. The maximum Gasteiger partial charge on any atom is 0.0828 e. The Hall–Kier alpha value is -1.51. The molecule has 2 nitrogen and oxygen atoms in total. The van der Waals surface area contributed by atoms with Crippen molar-refractivity contribution >= 4 is 17.3 Å². The molecule has 19 heavy (non-hydrogen) atoms. The number of hydrogen-bond donors (Lipinski definition) is 2. The standard InChI is InChI=1S/C16H18ClNO/c1-12-5-3-4-6-15(12)18-16(2,11-19)13-7-9-14(17)10-8-13/h3-10,18-19H,11H2,1-2H3. The minimum atomic E-state index is -0.531. The van der Waals surface area contributed by atoms with E-state index in [2.05, 4.69) is 5.32 Å². The molecule has 0 spiro atoms. The molecule has 2 aromatic carbocycles. The zero-order chi connectivity index (χ0) is 13.9. The van der Waals surface area contributed by atoms with Crippen LogP contribution in [-0.4, -0.2) is 11.7 Å². The van der Waals surface area contributed by atoms with Crippen LogP contribution in [0, 0.1) is 6.92 Å². The Kier molecular flexibility index (Phi) is 4.13. The zero-order valence-electron chi connectivity index (χ0n) is 11.2. The maximum absolute atomic E-state index is 9.76. The number of benzene rings is 2. The average molecular weight is 276 g/mol. The Morgan fingerprint density at radius 3 is 2.32 bits per heavy atom. The molecule has 0 amide bonds. The molecule has 0 aliphatic rings. The van der Waals surface area contributed by atoms with Gasteiger partial charge >= 0.3 is 0 Å². The van der Waals surface area contributed by atoms with Crippen molar-refractivity contribution in [1.29, 1.82) is 0 Å². The summed E-state index contributed by atoms with van der Waals surface area (Å²) < 4.78 is 0. The highest BCUT2D eigenvalue weighted by molar-refractivity contribution is 6.30. The molecular weight excluding hydrogens is 258 g/mol. The number of nitrogens with one attached hydrogen (secondary N) is 1. The maximum atomic E-state index is 9.76. The van der Waals surface area contributed by atoms with Gasteiger partial charge in [0.2, 0.25) is 0 Å². The van der Waals surface area contributed by atoms with Crippen molar-refractivity contribution < 1.29 is 5.11 Å². The fourth-order valence-electron chi connectivity index (χ4n) is 2.03. The Morgan fingerprint density at radius 2 is 1.74 bits per heavy atom. The summed E-state index contributed by atoms with van der Waals surface area (Å²) in [5.74, 6) is 0. The summed E-state index contributed by atoms with van der Waals surface area (Å²) >= 11 is 5.91. The van der Waals surface area contributed by atoms with Gasteiger partial charge < -0.3 is 10.4 Å². The zero-order valence-corrected chi connectivity index (χ0v) is 11.9. The minimum absolute atomic E-state index is 0.00294. The molecule has 0 aliphatic carbocycles. The van der Waals surface area contributed by atoms with Crippen molar-refractivity contribution in [2.45, 2.75) is 19.4 Å². The molecule has 100 valence electrons. The van der Waals surface area contributed by atoms with Gasteiger partial charge in [-0.05, 0) is 43.2 Å². The third-order valence-corrected chi connectivity index (χ3v) is 3.61. The first-order valence-electron chi connectivity index (χ1n) is 6.26. The van der Waals surface area contributed by atoms with Crippen LogP contribution in [0.2, 0.25) is 5.02 Å². The number of aliphatic hydroxyl groups is 1. The van der Waals surface area contributed by atoms with Crippen LogP contribution in [0.25, 0.3) is 0 Å². The second-order valence-electron chi connectivity index (χ2n) is 4.94. The molecule has 2 rings (SSSR count). The van der Waals surface area contributed by atoms with E-state index < -0.39 is 5.54 Å². The summed E-state index contributed by atoms with van der Waals surface area (Å²) in [6, 6.07) is 15.6. The number of rotatable bonds is 4. The fourth-order valence-corrected chi connectivity index (χ4v) is 2.16. The van der Waals surface area contributed by atoms with Crippen molar-refractivity contribution in [2.75, 3.05) is 11.9 Å². The first-order valence-corrected chi connectivity index (χ1v) is 6.64. The van der Waals surface area contributed by atoms with Crippen molar-refractivity contribution in [1.82, 2.24) is 0 Å². The number of hydrogen-bond acceptors (Lipinski definition) is 2. The summed E-state index contributed by atoms with van der Waals surface area (Å²) in [7, 11) is 0. The molecule has 1 atom stereocenters. The van der Waals surface area contributed by atoms with E-state index in [4.69, 9.17) is 11.6 Å². The Labute approximate surface area is 119 Å². The molecule has 2 N–H and O–H groups in total. The van der Waals surface area contributed by atoms with Gasteiger partial charge in [0.05, 0.1) is 12.1 Å². The molecule has 0 heterocycles. The lowest BCUT2D eigenvalue weighted by Crippen LogP contribution is -2.36. The van der Waals surface area contributed by atoms with Crippen LogP contribution in [0.5, 0.6) is 0 Å². The van der Waals surface area contributed by atoms with E-state index >= 15 is 0 Å². The van der Waals surface area contributed by atoms with Gasteiger partial charge in [0, 0.05) is 10.7 Å². The number of aliphatic hydroxyl groups excluding tert-OH is 1. The SMILES string of the molecule is Cc1ccccc1NC(C)(CO)c1ccc(Cl)cc1. The molecular formula is C16H18ClNO. The van der Waals surface area contributed by atoms with Gasteiger partial charge in [-0.3, -0.25) is 0 Å². The van der Waals surface area contributed by atoms with Gasteiger partial charge in [-0.25, -0.2) is 0 Å². The van der Waals surface area contributed by atoms with E-state index in [0.717, 1.165) is 16.8 Å². The number of aryl methyl sites for hydroxylation is 1. The highest BCUT2D eigenvalue weighted by Crippen LogP contribution is 2.28. The van der Waals surface area contributed by atoms with Crippen molar-refractivity contribution in [3.05, 3.63) is 64.7 Å². The van der Waals surface area contributed by atoms with Crippen molar-refractivity contribution in [3.63, 3.8) is 0 Å². The minimum Gasteiger partial charge on any atom is -0.394 e. The Bertz CT molecular complexity index is 553. The van der Waals surface area contributed by atoms with Crippen molar-refractivity contribution in [2.24, 2.45) is 0 Å². The second-order valence-corrected chi connectivity index (χ2v) is 5.37. The van der Waals surface area contributed by atoms with E-state index in [-0.39, 0.29) is 6.61 Å². The first kappa shape index (κ1) is 13.9. The topological polar surface area (TPSA) is 32.3 Å². The average Bonchev–Trinajstić information content (AvgIpc) is 2.42. The molecule has 0 saturated carbocycles. The normalized spacial score (nSPS) is 13.9. The van der Waals surface area contributed by atoms with Gasteiger partial charge in [-0.15, -0.1) is 0 Å². The third-order valence-electron chi connectivity index (χ3n) is 3.35. The highest BCUT2D eigenvalue weighted by Gasteiger charge is 2.25.